The first-order valence-electron chi connectivity index (χ1n) is 5.59. The first-order chi connectivity index (χ1) is 7.83. The Morgan fingerprint density at radius 3 is 2.12 bits per heavy atom. The maximum absolute atomic E-state index is 11.5. The second kappa shape index (κ2) is 5.62. The normalized spacial score (nSPS) is 12.4. The van der Waals surface area contributed by atoms with Gasteiger partial charge in [-0.15, -0.1) is 0 Å². The van der Waals surface area contributed by atoms with Crippen molar-refractivity contribution >= 4 is 10.2 Å². The van der Waals surface area contributed by atoms with Crippen LogP contribution in [0.5, 0.6) is 0 Å². The van der Waals surface area contributed by atoms with Gasteiger partial charge in [0.1, 0.15) is 0 Å². The third-order valence-electron chi connectivity index (χ3n) is 2.59. The zero-order valence-electron chi connectivity index (χ0n) is 10.8. The Hall–Kier alpha value is -0.910. The van der Waals surface area contributed by atoms with Crippen LogP contribution < -0.4 is 4.72 Å². The molecule has 0 bridgehead atoms. The zero-order valence-corrected chi connectivity index (χ0v) is 11.6. The molecule has 0 aliphatic heterocycles. The van der Waals surface area contributed by atoms with Crippen molar-refractivity contribution in [3.63, 3.8) is 0 Å². The number of rotatable bonds is 5. The minimum absolute atomic E-state index is 0.318. The van der Waals surface area contributed by atoms with Crippen LogP contribution in [0.1, 0.15) is 30.9 Å². The molecule has 96 valence electrons. The van der Waals surface area contributed by atoms with Gasteiger partial charge in [0.05, 0.1) is 0 Å². The lowest BCUT2D eigenvalue weighted by Gasteiger charge is -2.12. The first-order valence-corrected chi connectivity index (χ1v) is 7.03. The number of hydrogen-bond donors (Lipinski definition) is 1. The van der Waals surface area contributed by atoms with Crippen molar-refractivity contribution in [2.24, 2.45) is 0 Å². The number of benzene rings is 1. The Labute approximate surface area is 104 Å². The van der Waals surface area contributed by atoms with Crippen LogP contribution in [0.3, 0.4) is 0 Å². The Balaban J connectivity index is 2.65. The summed E-state index contributed by atoms with van der Waals surface area (Å²) in [6.07, 6.45) is 0. The highest BCUT2D eigenvalue weighted by Gasteiger charge is 2.11. The quantitative estimate of drug-likeness (QED) is 0.872. The van der Waals surface area contributed by atoms with Crippen LogP contribution in [0.25, 0.3) is 0 Å². The van der Waals surface area contributed by atoms with Crippen molar-refractivity contribution < 1.29 is 8.42 Å². The second-order valence-corrected chi connectivity index (χ2v) is 6.47. The standard InChI is InChI=1S/C12H20N2O2S/c1-10(2)12-7-5-11(6-8-12)9-13-17(15,16)14(3)4/h5-8,10,13H,9H2,1-4H3. The van der Waals surface area contributed by atoms with E-state index in [1.54, 1.807) is 0 Å². The molecule has 0 spiro atoms. The maximum atomic E-state index is 11.5. The topological polar surface area (TPSA) is 49.4 Å². The van der Waals surface area contributed by atoms with Gasteiger partial charge in [0, 0.05) is 20.6 Å². The Morgan fingerprint density at radius 1 is 1.18 bits per heavy atom. The minimum atomic E-state index is -3.34. The molecule has 1 N–H and O–H groups in total. The van der Waals surface area contributed by atoms with E-state index in [0.717, 1.165) is 9.87 Å². The lowest BCUT2D eigenvalue weighted by molar-refractivity contribution is 0.505. The van der Waals surface area contributed by atoms with Crippen molar-refractivity contribution in [3.8, 4) is 0 Å². The van der Waals surface area contributed by atoms with E-state index in [4.69, 9.17) is 0 Å². The summed E-state index contributed by atoms with van der Waals surface area (Å²) >= 11 is 0. The van der Waals surface area contributed by atoms with Crippen LogP contribution in [-0.4, -0.2) is 26.8 Å². The Morgan fingerprint density at radius 2 is 1.71 bits per heavy atom. The Kier molecular flexibility index (Phi) is 4.68. The maximum Gasteiger partial charge on any atom is 0.279 e. The second-order valence-electron chi connectivity index (χ2n) is 4.50. The molecule has 0 aliphatic rings. The van der Waals surface area contributed by atoms with Gasteiger partial charge >= 0.3 is 0 Å². The highest BCUT2D eigenvalue weighted by Crippen LogP contribution is 2.14. The summed E-state index contributed by atoms with van der Waals surface area (Å²) in [7, 11) is -0.331. The molecule has 17 heavy (non-hydrogen) atoms. The van der Waals surface area contributed by atoms with E-state index in [9.17, 15) is 8.42 Å². The molecule has 1 aromatic rings. The molecule has 0 unspecified atom stereocenters. The van der Waals surface area contributed by atoms with Gasteiger partial charge in [-0.25, -0.2) is 0 Å². The van der Waals surface area contributed by atoms with E-state index in [1.807, 2.05) is 24.3 Å². The van der Waals surface area contributed by atoms with E-state index < -0.39 is 10.2 Å². The van der Waals surface area contributed by atoms with Gasteiger partial charge in [0.15, 0.2) is 0 Å². The molecule has 0 saturated heterocycles. The molecular formula is C12H20N2O2S. The fourth-order valence-electron chi connectivity index (χ4n) is 1.32. The summed E-state index contributed by atoms with van der Waals surface area (Å²) in [4.78, 5) is 0. The van der Waals surface area contributed by atoms with Crippen molar-refractivity contribution in [3.05, 3.63) is 35.4 Å². The summed E-state index contributed by atoms with van der Waals surface area (Å²) in [5.41, 5.74) is 2.21. The fourth-order valence-corrected chi connectivity index (χ4v) is 1.93. The zero-order chi connectivity index (χ0) is 13.1. The summed E-state index contributed by atoms with van der Waals surface area (Å²) in [5, 5.41) is 0. The molecule has 5 heteroatoms. The van der Waals surface area contributed by atoms with Gasteiger partial charge in [-0.1, -0.05) is 38.1 Å². The summed E-state index contributed by atoms with van der Waals surface area (Å²) < 4.78 is 26.7. The van der Waals surface area contributed by atoms with E-state index in [0.29, 0.717) is 12.5 Å². The SMILES string of the molecule is CC(C)c1ccc(CNS(=O)(=O)N(C)C)cc1. The van der Waals surface area contributed by atoms with E-state index >= 15 is 0 Å². The van der Waals surface area contributed by atoms with Crippen LogP contribution in [-0.2, 0) is 16.8 Å². The monoisotopic (exact) mass is 256 g/mol. The first kappa shape index (κ1) is 14.2. The van der Waals surface area contributed by atoms with Crippen molar-refractivity contribution in [1.29, 1.82) is 0 Å². The molecule has 0 radical (unpaired) electrons. The number of nitrogens with one attached hydrogen (secondary N) is 1. The average Bonchev–Trinajstić information content (AvgIpc) is 2.27. The number of hydrogen-bond acceptors (Lipinski definition) is 2. The third kappa shape index (κ3) is 4.11. The van der Waals surface area contributed by atoms with Gasteiger partial charge < -0.3 is 0 Å². The van der Waals surface area contributed by atoms with Gasteiger partial charge in [-0.2, -0.15) is 17.4 Å². The summed E-state index contributed by atoms with van der Waals surface area (Å²) in [6, 6.07) is 7.97. The summed E-state index contributed by atoms with van der Waals surface area (Å²) in [6.45, 7) is 4.58. The molecule has 4 nitrogen and oxygen atoms in total. The summed E-state index contributed by atoms with van der Waals surface area (Å²) in [5.74, 6) is 0.488. The average molecular weight is 256 g/mol. The van der Waals surface area contributed by atoms with Crippen LogP contribution in [0.4, 0.5) is 0 Å². The van der Waals surface area contributed by atoms with Crippen LogP contribution in [0.15, 0.2) is 24.3 Å². The molecule has 0 amide bonds. The molecule has 0 aromatic heterocycles. The van der Waals surface area contributed by atoms with Crippen molar-refractivity contribution in [2.45, 2.75) is 26.3 Å². The van der Waals surface area contributed by atoms with Gasteiger partial charge in [-0.3, -0.25) is 0 Å². The number of nitrogens with zero attached hydrogens (tertiary/aromatic N) is 1. The largest absolute Gasteiger partial charge is 0.279 e. The lowest BCUT2D eigenvalue weighted by Crippen LogP contribution is -2.35. The minimum Gasteiger partial charge on any atom is -0.198 e. The molecule has 0 fully saturated rings. The molecule has 0 saturated carbocycles. The van der Waals surface area contributed by atoms with Gasteiger partial charge in [0.25, 0.3) is 10.2 Å². The van der Waals surface area contributed by atoms with E-state index in [-0.39, 0.29) is 0 Å². The van der Waals surface area contributed by atoms with E-state index in [2.05, 4.69) is 18.6 Å². The molecule has 0 aliphatic carbocycles. The highest BCUT2D eigenvalue weighted by molar-refractivity contribution is 7.87. The smallest absolute Gasteiger partial charge is 0.198 e. The predicted octanol–water partition coefficient (Wildman–Crippen LogP) is 1.71. The van der Waals surface area contributed by atoms with Gasteiger partial charge in [-0.05, 0) is 17.0 Å². The molecule has 0 heterocycles. The highest BCUT2D eigenvalue weighted by atomic mass is 32.2. The molecule has 1 rings (SSSR count). The molecule has 0 atom stereocenters. The third-order valence-corrected chi connectivity index (χ3v) is 4.06. The van der Waals surface area contributed by atoms with Crippen molar-refractivity contribution in [1.82, 2.24) is 9.03 Å². The molecule has 1 aromatic carbocycles. The van der Waals surface area contributed by atoms with Crippen molar-refractivity contribution in [2.75, 3.05) is 14.1 Å². The van der Waals surface area contributed by atoms with E-state index in [1.165, 1.54) is 19.7 Å². The fraction of sp³-hybridized carbons (Fsp3) is 0.500. The van der Waals surface area contributed by atoms with Gasteiger partial charge in [0.2, 0.25) is 0 Å². The lowest BCUT2D eigenvalue weighted by atomic mass is 10.0. The van der Waals surface area contributed by atoms with Crippen LogP contribution in [0, 0.1) is 0 Å². The van der Waals surface area contributed by atoms with Crippen LogP contribution in [0.2, 0.25) is 0 Å². The predicted molar refractivity (Wildman–Crippen MR) is 70.0 cm³/mol. The Bertz CT molecular complexity index is 450. The van der Waals surface area contributed by atoms with Crippen LogP contribution >= 0.6 is 0 Å². The molecular weight excluding hydrogens is 236 g/mol.